The van der Waals surface area contributed by atoms with E-state index >= 15 is 0 Å². The number of hydrogen-bond donors (Lipinski definition) is 2. The van der Waals surface area contributed by atoms with Gasteiger partial charge in [-0.3, -0.25) is 9.78 Å². The summed E-state index contributed by atoms with van der Waals surface area (Å²) < 4.78 is 41.8. The Morgan fingerprint density at radius 2 is 1.77 bits per heavy atom. The summed E-state index contributed by atoms with van der Waals surface area (Å²) >= 11 is 0. The lowest BCUT2D eigenvalue weighted by atomic mass is 9.81. The van der Waals surface area contributed by atoms with Crippen LogP contribution in [0.25, 0.3) is 5.57 Å². The molecule has 0 amide bonds. The fourth-order valence-corrected chi connectivity index (χ4v) is 5.29. The molecule has 1 fully saturated rings. The van der Waals surface area contributed by atoms with E-state index in [1.165, 1.54) is 6.07 Å². The zero-order chi connectivity index (χ0) is 24.7. The molecule has 0 spiro atoms. The third-order valence-electron chi connectivity index (χ3n) is 7.35. The van der Waals surface area contributed by atoms with Crippen molar-refractivity contribution in [1.82, 2.24) is 9.97 Å². The molecule has 35 heavy (non-hydrogen) atoms. The largest absolute Gasteiger partial charge is 0.417 e. The molecule has 0 radical (unpaired) electrons. The fourth-order valence-electron chi connectivity index (χ4n) is 5.29. The van der Waals surface area contributed by atoms with Gasteiger partial charge in [-0.2, -0.15) is 13.2 Å². The van der Waals surface area contributed by atoms with Crippen molar-refractivity contribution in [2.75, 3.05) is 0 Å². The summed E-state index contributed by atoms with van der Waals surface area (Å²) in [7, 11) is 0. The quantitative estimate of drug-likeness (QED) is 0.460. The van der Waals surface area contributed by atoms with Crippen LogP contribution < -0.4 is 11.2 Å². The molecule has 182 valence electrons. The summed E-state index contributed by atoms with van der Waals surface area (Å²) in [5.41, 5.74) is 2.11. The van der Waals surface area contributed by atoms with E-state index in [-0.39, 0.29) is 17.4 Å². The van der Waals surface area contributed by atoms with E-state index < -0.39 is 23.0 Å². The maximum atomic E-state index is 13.9. The fraction of sp³-hybridized carbons (Fsp3) is 0.357. The van der Waals surface area contributed by atoms with Gasteiger partial charge in [-0.05, 0) is 65.8 Å². The summed E-state index contributed by atoms with van der Waals surface area (Å²) in [5.74, 6) is 0.497. The Bertz CT molecular complexity index is 1390. The molecular formula is C28H27F3N2O2. The van der Waals surface area contributed by atoms with E-state index in [4.69, 9.17) is 0 Å². The Morgan fingerprint density at radius 1 is 1.03 bits per heavy atom. The zero-order valence-corrected chi connectivity index (χ0v) is 19.4. The number of halogens is 3. The smallest absolute Gasteiger partial charge is 0.311 e. The van der Waals surface area contributed by atoms with Crippen molar-refractivity contribution in [3.63, 3.8) is 0 Å². The van der Waals surface area contributed by atoms with Gasteiger partial charge < -0.3 is 4.98 Å². The van der Waals surface area contributed by atoms with Crippen LogP contribution in [0.3, 0.4) is 0 Å². The molecule has 5 rings (SSSR count). The van der Waals surface area contributed by atoms with Gasteiger partial charge in [-0.1, -0.05) is 55.5 Å². The highest BCUT2D eigenvalue weighted by molar-refractivity contribution is 5.70. The molecular weight excluding hydrogens is 453 g/mol. The summed E-state index contributed by atoms with van der Waals surface area (Å²) in [5, 5.41) is 0. The first-order valence-electron chi connectivity index (χ1n) is 12.0. The van der Waals surface area contributed by atoms with Crippen molar-refractivity contribution >= 4 is 5.57 Å². The highest BCUT2D eigenvalue weighted by atomic mass is 19.4. The molecule has 4 nitrogen and oxygen atoms in total. The Balaban J connectivity index is 1.45. The lowest BCUT2D eigenvalue weighted by Gasteiger charge is -2.25. The molecule has 0 aliphatic heterocycles. The minimum atomic E-state index is -4.43. The number of rotatable bonds is 5. The molecule has 3 unspecified atom stereocenters. The van der Waals surface area contributed by atoms with Crippen LogP contribution in [-0.2, 0) is 12.6 Å². The van der Waals surface area contributed by atoms with Gasteiger partial charge in [-0.15, -0.1) is 0 Å². The topological polar surface area (TPSA) is 65.7 Å². The lowest BCUT2D eigenvalue weighted by Crippen LogP contribution is -2.30. The molecule has 2 N–H and O–H groups in total. The Hall–Kier alpha value is -3.35. The monoisotopic (exact) mass is 480 g/mol. The summed E-state index contributed by atoms with van der Waals surface area (Å²) in [6.07, 6.45) is 0.148. The molecule has 2 aliphatic carbocycles. The predicted octanol–water partition coefficient (Wildman–Crippen LogP) is 6.15. The molecule has 2 aromatic carbocycles. The van der Waals surface area contributed by atoms with Crippen LogP contribution in [0.1, 0.15) is 78.0 Å². The highest BCUT2D eigenvalue weighted by Crippen LogP contribution is 2.49. The van der Waals surface area contributed by atoms with E-state index in [1.807, 2.05) is 42.5 Å². The van der Waals surface area contributed by atoms with Gasteiger partial charge in [0.2, 0.25) is 0 Å². The number of H-pyrrole nitrogens is 2. The first-order chi connectivity index (χ1) is 16.7. The molecule has 0 saturated heterocycles. The number of aromatic amines is 2. The van der Waals surface area contributed by atoms with Gasteiger partial charge in [0.1, 0.15) is 0 Å². The standard InChI is InChI=1S/C28H27F3N2O2/c1-16-13-22(16)20-11-12-21(24(15-20)28(29,30)31)18-7-9-19(10-8-18)25-23(26(34)33-27(35)32-25)14-17-5-3-2-4-6-17/h2-7,11-12,15-16,19,22H,8-10,13-14H2,1H3,(H2,32,33,34,35). The van der Waals surface area contributed by atoms with Crippen molar-refractivity contribution < 1.29 is 13.2 Å². The average molecular weight is 481 g/mol. The third-order valence-corrected chi connectivity index (χ3v) is 7.35. The number of nitrogens with one attached hydrogen (secondary N) is 2. The van der Waals surface area contributed by atoms with Crippen LogP contribution in [0.15, 0.2) is 64.2 Å². The first kappa shape index (κ1) is 23.4. The van der Waals surface area contributed by atoms with Crippen molar-refractivity contribution in [1.29, 1.82) is 0 Å². The number of benzene rings is 2. The SMILES string of the molecule is CC1CC1c1ccc(C2=CCC(c3[nH]c(=O)[nH]c(=O)c3Cc3ccccc3)CC2)c(C(F)(F)F)c1. The van der Waals surface area contributed by atoms with Crippen LogP contribution in [0.2, 0.25) is 0 Å². The van der Waals surface area contributed by atoms with E-state index in [0.29, 0.717) is 48.4 Å². The predicted molar refractivity (Wildman–Crippen MR) is 129 cm³/mol. The number of allylic oxidation sites excluding steroid dienone is 2. The van der Waals surface area contributed by atoms with Gasteiger partial charge >= 0.3 is 11.9 Å². The number of hydrogen-bond acceptors (Lipinski definition) is 2. The summed E-state index contributed by atoms with van der Waals surface area (Å²) in [6.45, 7) is 2.06. The van der Waals surface area contributed by atoms with Crippen molar-refractivity contribution in [3.05, 3.63) is 109 Å². The van der Waals surface area contributed by atoms with Crippen LogP contribution in [0.4, 0.5) is 13.2 Å². The first-order valence-corrected chi connectivity index (χ1v) is 12.0. The summed E-state index contributed by atoms with van der Waals surface area (Å²) in [4.78, 5) is 29.8. The van der Waals surface area contributed by atoms with Crippen molar-refractivity contribution in [3.8, 4) is 0 Å². The van der Waals surface area contributed by atoms with Crippen LogP contribution in [-0.4, -0.2) is 9.97 Å². The molecule has 7 heteroatoms. The molecule has 1 saturated carbocycles. The van der Waals surface area contributed by atoms with Crippen LogP contribution in [0, 0.1) is 5.92 Å². The van der Waals surface area contributed by atoms with Gasteiger partial charge in [0.05, 0.1) is 5.56 Å². The van der Waals surface area contributed by atoms with E-state index in [1.54, 1.807) is 6.07 Å². The highest BCUT2D eigenvalue weighted by Gasteiger charge is 2.39. The van der Waals surface area contributed by atoms with Crippen LogP contribution in [0.5, 0.6) is 0 Å². The lowest BCUT2D eigenvalue weighted by molar-refractivity contribution is -0.137. The van der Waals surface area contributed by atoms with Crippen molar-refractivity contribution in [2.45, 2.75) is 57.0 Å². The van der Waals surface area contributed by atoms with Gasteiger partial charge in [0.25, 0.3) is 5.56 Å². The maximum Gasteiger partial charge on any atom is 0.417 e. The van der Waals surface area contributed by atoms with E-state index in [0.717, 1.165) is 17.5 Å². The van der Waals surface area contributed by atoms with Gasteiger partial charge in [0.15, 0.2) is 0 Å². The molecule has 0 bridgehead atoms. The molecule has 3 atom stereocenters. The number of aromatic nitrogens is 2. The third kappa shape index (κ3) is 4.90. The normalized spacial score (nSPS) is 22.1. The minimum absolute atomic E-state index is 0.145. The Morgan fingerprint density at radius 3 is 2.40 bits per heavy atom. The Kier molecular flexibility index (Phi) is 6.03. The minimum Gasteiger partial charge on any atom is -0.311 e. The second-order valence-corrected chi connectivity index (χ2v) is 9.79. The molecule has 2 aliphatic rings. The van der Waals surface area contributed by atoms with Crippen molar-refractivity contribution in [2.24, 2.45) is 5.92 Å². The maximum absolute atomic E-state index is 13.9. The molecule has 1 heterocycles. The van der Waals surface area contributed by atoms with Gasteiger partial charge in [0, 0.05) is 23.6 Å². The second kappa shape index (κ2) is 9.02. The van der Waals surface area contributed by atoms with E-state index in [9.17, 15) is 22.8 Å². The Labute approximate surface area is 200 Å². The second-order valence-electron chi connectivity index (χ2n) is 9.79. The number of alkyl halides is 3. The average Bonchev–Trinajstić information content (AvgIpc) is 3.57. The molecule has 1 aromatic heterocycles. The summed E-state index contributed by atoms with van der Waals surface area (Å²) in [6, 6.07) is 14.3. The van der Waals surface area contributed by atoms with Gasteiger partial charge in [-0.25, -0.2) is 4.79 Å². The molecule has 3 aromatic rings. The zero-order valence-electron chi connectivity index (χ0n) is 19.4. The van der Waals surface area contributed by atoms with E-state index in [2.05, 4.69) is 16.9 Å². The van der Waals surface area contributed by atoms with Crippen LogP contribution >= 0.6 is 0 Å².